The molecule has 176 valence electrons. The third-order valence-corrected chi connectivity index (χ3v) is 5.85. The molecule has 0 bridgehead atoms. The summed E-state index contributed by atoms with van der Waals surface area (Å²) in [5.74, 6) is 1.18. The molecule has 0 radical (unpaired) electrons. The van der Waals surface area contributed by atoms with Crippen molar-refractivity contribution in [2.24, 2.45) is 0 Å². The van der Waals surface area contributed by atoms with Crippen LogP contribution in [-0.2, 0) is 14.3 Å². The second kappa shape index (κ2) is 10.4. The number of urea groups is 1. The van der Waals surface area contributed by atoms with Gasteiger partial charge >= 0.3 is 6.03 Å². The van der Waals surface area contributed by atoms with Gasteiger partial charge in [0.15, 0.2) is 11.5 Å². The van der Waals surface area contributed by atoms with Crippen LogP contribution in [0.1, 0.15) is 32.6 Å². The monoisotopic (exact) mass is 449 g/mol. The standard InChI is InChI=1S/C22H31N3O7/c1-2-7-23-21(27)9-16-4-5-17-20(32-16)12-29-11-15(26)10-25(17)22(28)24-14-3-6-18-19(8-14)31-13-30-18/h3,6,8,15-17,20,26H,2,4-5,7,9-13H2,1H3,(H,23,27)(H,24,28)/t15-,16+,17+,20-/m0/s1. The van der Waals surface area contributed by atoms with E-state index in [1.165, 1.54) is 0 Å². The van der Waals surface area contributed by atoms with E-state index in [2.05, 4.69) is 10.6 Å². The molecule has 3 aliphatic heterocycles. The number of ether oxygens (including phenoxy) is 4. The van der Waals surface area contributed by atoms with Crippen LogP contribution in [0.3, 0.4) is 0 Å². The number of hydrogen-bond donors (Lipinski definition) is 3. The average Bonchev–Trinajstić information content (AvgIpc) is 3.23. The van der Waals surface area contributed by atoms with E-state index >= 15 is 0 Å². The fraction of sp³-hybridized carbons (Fsp3) is 0.636. The molecule has 0 spiro atoms. The van der Waals surface area contributed by atoms with E-state index in [9.17, 15) is 14.7 Å². The Morgan fingerprint density at radius 2 is 2.03 bits per heavy atom. The molecule has 10 nitrogen and oxygen atoms in total. The van der Waals surface area contributed by atoms with E-state index in [0.29, 0.717) is 36.6 Å². The third kappa shape index (κ3) is 5.43. The van der Waals surface area contributed by atoms with Gasteiger partial charge in [-0.05, 0) is 31.4 Å². The number of anilines is 1. The molecular weight excluding hydrogens is 418 g/mol. The van der Waals surface area contributed by atoms with Gasteiger partial charge in [-0.25, -0.2) is 4.79 Å². The third-order valence-electron chi connectivity index (χ3n) is 5.85. The van der Waals surface area contributed by atoms with Crippen molar-refractivity contribution in [3.63, 3.8) is 0 Å². The van der Waals surface area contributed by atoms with Crippen LogP contribution in [0.5, 0.6) is 11.5 Å². The summed E-state index contributed by atoms with van der Waals surface area (Å²) in [5.41, 5.74) is 0.575. The quantitative estimate of drug-likeness (QED) is 0.623. The molecule has 3 N–H and O–H groups in total. The molecule has 3 aliphatic rings. The molecule has 0 unspecified atom stereocenters. The van der Waals surface area contributed by atoms with E-state index < -0.39 is 6.10 Å². The molecule has 4 rings (SSSR count). The smallest absolute Gasteiger partial charge is 0.322 e. The highest BCUT2D eigenvalue weighted by Gasteiger charge is 2.40. The Bertz CT molecular complexity index is 821. The minimum absolute atomic E-state index is 0.0325. The summed E-state index contributed by atoms with van der Waals surface area (Å²) in [6.07, 6.45) is 1.07. The van der Waals surface area contributed by atoms with Gasteiger partial charge in [-0.2, -0.15) is 0 Å². The highest BCUT2D eigenvalue weighted by atomic mass is 16.7. The largest absolute Gasteiger partial charge is 0.454 e. The van der Waals surface area contributed by atoms with Gasteiger partial charge in [0.2, 0.25) is 12.7 Å². The summed E-state index contributed by atoms with van der Waals surface area (Å²) in [6.45, 7) is 3.30. The molecule has 2 saturated heterocycles. The summed E-state index contributed by atoms with van der Waals surface area (Å²) in [7, 11) is 0. The molecule has 10 heteroatoms. The lowest BCUT2D eigenvalue weighted by Crippen LogP contribution is -2.58. The van der Waals surface area contributed by atoms with Gasteiger partial charge in [-0.1, -0.05) is 6.92 Å². The Labute approximate surface area is 187 Å². The van der Waals surface area contributed by atoms with Crippen LogP contribution in [0, 0.1) is 0 Å². The zero-order valence-electron chi connectivity index (χ0n) is 18.2. The van der Waals surface area contributed by atoms with Crippen LogP contribution >= 0.6 is 0 Å². The van der Waals surface area contributed by atoms with Crippen molar-refractivity contribution in [1.29, 1.82) is 0 Å². The first kappa shape index (κ1) is 22.6. The number of fused-ring (bicyclic) bond motifs is 2. The van der Waals surface area contributed by atoms with Crippen LogP contribution in [0.15, 0.2) is 18.2 Å². The molecule has 1 aromatic rings. The minimum Gasteiger partial charge on any atom is -0.454 e. The maximum atomic E-state index is 13.2. The SMILES string of the molecule is CCCNC(=O)C[C@H]1CC[C@@H]2[C@H](COC[C@@H](O)CN2C(=O)Nc2ccc3c(c2)OCO3)O1. The maximum Gasteiger partial charge on any atom is 0.322 e. The average molecular weight is 450 g/mol. The number of nitrogens with zero attached hydrogens (tertiary/aromatic N) is 1. The first-order valence-corrected chi connectivity index (χ1v) is 11.2. The Hall–Kier alpha value is -2.56. The summed E-state index contributed by atoms with van der Waals surface area (Å²) in [4.78, 5) is 26.9. The second-order valence-electron chi connectivity index (χ2n) is 8.34. The first-order valence-electron chi connectivity index (χ1n) is 11.2. The van der Waals surface area contributed by atoms with E-state index in [1.54, 1.807) is 23.1 Å². The Balaban J connectivity index is 1.42. The molecule has 0 aliphatic carbocycles. The predicted molar refractivity (Wildman–Crippen MR) is 115 cm³/mol. The van der Waals surface area contributed by atoms with Crippen LogP contribution in [-0.4, -0.2) is 79.4 Å². The van der Waals surface area contributed by atoms with Gasteiger partial charge in [0.05, 0.1) is 44.4 Å². The molecule has 4 atom stereocenters. The van der Waals surface area contributed by atoms with E-state index in [-0.39, 0.29) is 63.2 Å². The van der Waals surface area contributed by atoms with Gasteiger partial charge < -0.3 is 39.6 Å². The molecule has 3 amide bonds. The predicted octanol–water partition coefficient (Wildman–Crippen LogP) is 1.47. The van der Waals surface area contributed by atoms with Gasteiger partial charge in [-0.3, -0.25) is 4.79 Å². The molecule has 0 saturated carbocycles. The van der Waals surface area contributed by atoms with Gasteiger partial charge in [0.25, 0.3) is 0 Å². The second-order valence-corrected chi connectivity index (χ2v) is 8.34. The number of nitrogens with one attached hydrogen (secondary N) is 2. The highest BCUT2D eigenvalue weighted by molar-refractivity contribution is 5.90. The molecule has 3 heterocycles. The van der Waals surface area contributed by atoms with Crippen molar-refractivity contribution in [2.75, 3.05) is 38.4 Å². The fourth-order valence-corrected chi connectivity index (χ4v) is 4.29. The van der Waals surface area contributed by atoms with Crippen molar-refractivity contribution >= 4 is 17.6 Å². The number of hydrogen-bond acceptors (Lipinski definition) is 7. The van der Waals surface area contributed by atoms with E-state index in [0.717, 1.165) is 6.42 Å². The Kier molecular flexibility index (Phi) is 7.33. The number of benzene rings is 1. The van der Waals surface area contributed by atoms with Crippen molar-refractivity contribution in [3.8, 4) is 11.5 Å². The lowest BCUT2D eigenvalue weighted by molar-refractivity contribution is -0.149. The summed E-state index contributed by atoms with van der Waals surface area (Å²) < 4.78 is 22.5. The lowest BCUT2D eigenvalue weighted by Gasteiger charge is -2.44. The molecule has 2 fully saturated rings. The topological polar surface area (TPSA) is 119 Å². The molecule has 0 aromatic heterocycles. The van der Waals surface area contributed by atoms with Crippen LogP contribution in [0.4, 0.5) is 10.5 Å². The van der Waals surface area contributed by atoms with Crippen LogP contribution < -0.4 is 20.1 Å². The molecule has 32 heavy (non-hydrogen) atoms. The number of aliphatic hydroxyl groups is 1. The Morgan fingerprint density at radius 3 is 2.88 bits per heavy atom. The van der Waals surface area contributed by atoms with Gasteiger partial charge in [0.1, 0.15) is 6.10 Å². The number of aliphatic hydroxyl groups excluding tert-OH is 1. The number of carbonyl (C=O) groups is 2. The Morgan fingerprint density at radius 1 is 1.19 bits per heavy atom. The number of carbonyl (C=O) groups excluding carboxylic acids is 2. The highest BCUT2D eigenvalue weighted by Crippen LogP contribution is 2.34. The maximum absolute atomic E-state index is 13.2. The fourth-order valence-electron chi connectivity index (χ4n) is 4.29. The lowest BCUT2D eigenvalue weighted by atomic mass is 9.95. The van der Waals surface area contributed by atoms with Crippen molar-refractivity contribution in [3.05, 3.63) is 18.2 Å². The van der Waals surface area contributed by atoms with Crippen molar-refractivity contribution < 1.29 is 33.6 Å². The summed E-state index contributed by atoms with van der Waals surface area (Å²) in [5, 5.41) is 16.1. The van der Waals surface area contributed by atoms with Crippen LogP contribution in [0.25, 0.3) is 0 Å². The summed E-state index contributed by atoms with van der Waals surface area (Å²) >= 11 is 0. The summed E-state index contributed by atoms with van der Waals surface area (Å²) in [6, 6.07) is 4.60. The van der Waals surface area contributed by atoms with Crippen molar-refractivity contribution in [2.45, 2.75) is 57.0 Å². The minimum atomic E-state index is -0.795. The van der Waals surface area contributed by atoms with Gasteiger partial charge in [-0.15, -0.1) is 0 Å². The first-order chi connectivity index (χ1) is 15.5. The normalized spacial score (nSPS) is 27.1. The van der Waals surface area contributed by atoms with Gasteiger partial charge in [0, 0.05) is 18.3 Å². The van der Waals surface area contributed by atoms with Crippen molar-refractivity contribution in [1.82, 2.24) is 10.2 Å². The zero-order valence-corrected chi connectivity index (χ0v) is 18.2. The number of amides is 3. The number of β-amino-alcohol motifs (C(OH)–C–C–N with tert-alkyl or cyclic N) is 1. The number of rotatable bonds is 5. The van der Waals surface area contributed by atoms with E-state index in [4.69, 9.17) is 18.9 Å². The van der Waals surface area contributed by atoms with E-state index in [1.807, 2.05) is 6.92 Å². The zero-order chi connectivity index (χ0) is 22.5. The molecular formula is C22H31N3O7. The van der Waals surface area contributed by atoms with Crippen LogP contribution in [0.2, 0.25) is 0 Å². The molecule has 1 aromatic carbocycles.